The Hall–Kier alpha value is -4.58. The van der Waals surface area contributed by atoms with Crippen LogP contribution in [0, 0.1) is 10.1 Å². The van der Waals surface area contributed by atoms with Gasteiger partial charge in [0, 0.05) is 48.1 Å². The zero-order chi connectivity index (χ0) is 24.4. The number of H-pyrrole nitrogens is 2. The summed E-state index contributed by atoms with van der Waals surface area (Å²) in [6.45, 7) is 2.15. The second-order valence-corrected chi connectivity index (χ2v) is 7.60. The molecule has 0 bridgehead atoms. The number of aromatic amines is 2. The van der Waals surface area contributed by atoms with E-state index in [2.05, 4.69) is 20.2 Å². The Morgan fingerprint density at radius 2 is 2.03 bits per heavy atom. The minimum atomic E-state index is -0.833. The van der Waals surface area contributed by atoms with E-state index in [0.29, 0.717) is 41.6 Å². The lowest BCUT2D eigenvalue weighted by Gasteiger charge is -2.03. The van der Waals surface area contributed by atoms with Crippen molar-refractivity contribution in [1.82, 2.24) is 24.7 Å². The number of nitro groups is 1. The predicted octanol–water partition coefficient (Wildman–Crippen LogP) is 2.77. The van der Waals surface area contributed by atoms with Crippen molar-refractivity contribution >= 4 is 44.5 Å². The number of aliphatic carboxylic acids is 1. The van der Waals surface area contributed by atoms with Crippen molar-refractivity contribution in [2.75, 3.05) is 6.54 Å². The highest BCUT2D eigenvalue weighted by Crippen LogP contribution is 2.31. The molecule has 0 aliphatic rings. The molecule has 3 aromatic heterocycles. The summed E-state index contributed by atoms with van der Waals surface area (Å²) in [5.41, 5.74) is 8.88. The lowest BCUT2D eigenvalue weighted by molar-refractivity contribution is -0.384. The number of aromatic nitrogens is 5. The average Bonchev–Trinajstić information content (AvgIpc) is 3.39. The maximum absolute atomic E-state index is 12.9. The molecular weight excluding hydrogens is 442 g/mol. The van der Waals surface area contributed by atoms with Crippen LogP contribution in [-0.4, -0.2) is 47.3 Å². The number of hydrogen-bond donors (Lipinski definition) is 4. The van der Waals surface area contributed by atoms with E-state index in [-0.39, 0.29) is 16.9 Å². The molecule has 12 heteroatoms. The van der Waals surface area contributed by atoms with Crippen LogP contribution < -0.4 is 11.3 Å². The molecule has 0 fully saturated rings. The molecule has 0 aliphatic heterocycles. The molecule has 5 aromatic rings. The lowest BCUT2D eigenvalue weighted by atomic mass is 10.1. The van der Waals surface area contributed by atoms with Gasteiger partial charge in [0.05, 0.1) is 33.2 Å². The first-order valence-corrected chi connectivity index (χ1v) is 10.3. The number of nitrogens with one attached hydrogen (secondary N) is 2. The fourth-order valence-electron chi connectivity index (χ4n) is 3.74. The summed E-state index contributed by atoms with van der Waals surface area (Å²) in [5, 5.41) is 27.1. The number of nitrogens with zero attached hydrogens (tertiary/aromatic N) is 4. The Morgan fingerprint density at radius 3 is 2.74 bits per heavy atom. The van der Waals surface area contributed by atoms with E-state index in [9.17, 15) is 14.9 Å². The molecule has 0 saturated carbocycles. The lowest BCUT2D eigenvalue weighted by Crippen LogP contribution is -2.11. The molecule has 0 spiro atoms. The van der Waals surface area contributed by atoms with E-state index in [4.69, 9.17) is 15.6 Å². The minimum Gasteiger partial charge on any atom is -0.481 e. The molecule has 0 unspecified atom stereocenters. The van der Waals surface area contributed by atoms with Crippen LogP contribution in [0.15, 0.2) is 47.5 Å². The summed E-state index contributed by atoms with van der Waals surface area (Å²) < 4.78 is 1.88. The molecule has 34 heavy (non-hydrogen) atoms. The molecule has 0 radical (unpaired) electrons. The van der Waals surface area contributed by atoms with E-state index in [0.717, 1.165) is 23.2 Å². The number of benzene rings is 2. The van der Waals surface area contributed by atoms with E-state index in [1.165, 1.54) is 12.1 Å². The fourth-order valence-corrected chi connectivity index (χ4v) is 3.74. The van der Waals surface area contributed by atoms with Gasteiger partial charge in [0.2, 0.25) is 0 Å². The van der Waals surface area contributed by atoms with Crippen molar-refractivity contribution in [2.24, 2.45) is 5.73 Å². The summed E-state index contributed by atoms with van der Waals surface area (Å²) >= 11 is 0. The first-order chi connectivity index (χ1) is 16.3. The molecule has 0 amide bonds. The van der Waals surface area contributed by atoms with Crippen molar-refractivity contribution < 1.29 is 14.8 Å². The number of carboxylic acids is 1. The third kappa shape index (κ3) is 4.34. The molecule has 3 heterocycles. The summed E-state index contributed by atoms with van der Waals surface area (Å²) in [7, 11) is 0. The van der Waals surface area contributed by atoms with Gasteiger partial charge in [0.1, 0.15) is 5.69 Å². The van der Waals surface area contributed by atoms with E-state index >= 15 is 0 Å². The Morgan fingerprint density at radius 1 is 1.26 bits per heavy atom. The maximum atomic E-state index is 12.9. The number of non-ortho nitro benzene ring substituents is 1. The third-order valence-electron chi connectivity index (χ3n) is 5.19. The van der Waals surface area contributed by atoms with Gasteiger partial charge in [0.15, 0.2) is 0 Å². The standard InChI is InChI=1S/C20H17N7O3.C2H4O2/c21-4-1-5-26-10-14(13-3-2-12(27(29)30)7-18(13)26)19-20(28)24-16-6-11-9-22-25-15(11)8-17(16)23-19;1-2(3)4/h2-3,6-10H,1,4-5,21H2,(H,22,25)(H,24,28);1H3,(H,3,4). The van der Waals surface area contributed by atoms with Gasteiger partial charge >= 0.3 is 0 Å². The van der Waals surface area contributed by atoms with Crippen molar-refractivity contribution in [3.05, 3.63) is 63.2 Å². The van der Waals surface area contributed by atoms with Crippen molar-refractivity contribution in [3.63, 3.8) is 0 Å². The number of fused-ring (bicyclic) bond motifs is 3. The summed E-state index contributed by atoms with van der Waals surface area (Å²) in [6, 6.07) is 8.25. The highest BCUT2D eigenvalue weighted by Gasteiger charge is 2.18. The molecule has 5 N–H and O–H groups in total. The topological polar surface area (TPSA) is 186 Å². The minimum absolute atomic E-state index is 0.0110. The Labute approximate surface area is 191 Å². The molecule has 0 atom stereocenters. The van der Waals surface area contributed by atoms with Crippen LogP contribution in [0.5, 0.6) is 0 Å². The van der Waals surface area contributed by atoms with Crippen LogP contribution in [0.3, 0.4) is 0 Å². The van der Waals surface area contributed by atoms with Crippen LogP contribution in [-0.2, 0) is 11.3 Å². The van der Waals surface area contributed by atoms with Crippen LogP contribution in [0.1, 0.15) is 13.3 Å². The smallest absolute Gasteiger partial charge is 0.300 e. The Bertz CT molecular complexity index is 1590. The molecule has 2 aromatic carbocycles. The molecule has 0 saturated heterocycles. The predicted molar refractivity (Wildman–Crippen MR) is 127 cm³/mol. The monoisotopic (exact) mass is 463 g/mol. The first kappa shape index (κ1) is 22.6. The van der Waals surface area contributed by atoms with E-state index in [1.54, 1.807) is 12.3 Å². The second-order valence-electron chi connectivity index (χ2n) is 7.60. The van der Waals surface area contributed by atoms with Crippen LogP contribution in [0.4, 0.5) is 5.69 Å². The highest BCUT2D eigenvalue weighted by atomic mass is 16.6. The summed E-state index contributed by atoms with van der Waals surface area (Å²) in [5.74, 6) is -0.833. The SMILES string of the molecule is CC(=O)O.NCCCn1cc(-c2nc3cc4[nH]ncc4cc3[nH]c2=O)c2ccc([N+](=O)[O-])cc21. The van der Waals surface area contributed by atoms with Gasteiger partial charge in [0.25, 0.3) is 17.2 Å². The highest BCUT2D eigenvalue weighted by molar-refractivity contribution is 5.98. The molecule has 5 rings (SSSR count). The second kappa shape index (κ2) is 9.11. The number of nitrogens with two attached hydrogens (primary N) is 1. The van der Waals surface area contributed by atoms with Gasteiger partial charge in [-0.3, -0.25) is 24.8 Å². The van der Waals surface area contributed by atoms with Crippen LogP contribution in [0.2, 0.25) is 0 Å². The fraction of sp³-hybridized carbons (Fsp3) is 0.182. The van der Waals surface area contributed by atoms with Gasteiger partial charge < -0.3 is 20.4 Å². The van der Waals surface area contributed by atoms with E-state index in [1.807, 2.05) is 22.9 Å². The Kier molecular flexibility index (Phi) is 6.06. The van der Waals surface area contributed by atoms with Gasteiger partial charge in [-0.05, 0) is 31.2 Å². The zero-order valence-corrected chi connectivity index (χ0v) is 18.1. The largest absolute Gasteiger partial charge is 0.481 e. The molecule has 0 aliphatic carbocycles. The van der Waals surface area contributed by atoms with Crippen molar-refractivity contribution in [2.45, 2.75) is 19.9 Å². The van der Waals surface area contributed by atoms with Crippen LogP contribution in [0.25, 0.3) is 44.1 Å². The van der Waals surface area contributed by atoms with Crippen LogP contribution >= 0.6 is 0 Å². The normalized spacial score (nSPS) is 11.0. The number of carboxylic acid groups (broad SMARTS) is 1. The molecule has 174 valence electrons. The van der Waals surface area contributed by atoms with Gasteiger partial charge in [-0.2, -0.15) is 5.10 Å². The number of carbonyl (C=O) groups is 1. The summed E-state index contributed by atoms with van der Waals surface area (Å²) in [6.07, 6.45) is 4.19. The number of rotatable bonds is 5. The number of nitro benzene ring substituents is 1. The maximum Gasteiger partial charge on any atom is 0.300 e. The summed E-state index contributed by atoms with van der Waals surface area (Å²) in [4.78, 5) is 40.2. The first-order valence-electron chi connectivity index (χ1n) is 10.3. The van der Waals surface area contributed by atoms with Gasteiger partial charge in [-0.25, -0.2) is 4.98 Å². The number of aryl methyl sites for hydroxylation is 1. The van der Waals surface area contributed by atoms with Gasteiger partial charge in [-0.15, -0.1) is 0 Å². The van der Waals surface area contributed by atoms with E-state index < -0.39 is 10.9 Å². The van der Waals surface area contributed by atoms with Crippen molar-refractivity contribution in [3.8, 4) is 11.3 Å². The molecular formula is C22H21N7O5. The number of hydrogen-bond acceptors (Lipinski definition) is 7. The third-order valence-corrected chi connectivity index (χ3v) is 5.19. The van der Waals surface area contributed by atoms with Gasteiger partial charge in [-0.1, -0.05) is 0 Å². The van der Waals surface area contributed by atoms with Crippen molar-refractivity contribution in [1.29, 1.82) is 0 Å². The zero-order valence-electron chi connectivity index (χ0n) is 18.1. The molecule has 12 nitrogen and oxygen atoms in total. The average molecular weight is 463 g/mol. The quantitative estimate of drug-likeness (QED) is 0.226. The Balaban J connectivity index is 0.000000636.